The number of hydrogen-bond donors (Lipinski definition) is 2. The minimum Gasteiger partial charge on any atom is -0.338 e. The molecule has 0 saturated carbocycles. The zero-order valence-electron chi connectivity index (χ0n) is 14.5. The second-order valence-corrected chi connectivity index (χ2v) is 6.47. The molecule has 1 fully saturated rings. The molecule has 2 aromatic carbocycles. The summed E-state index contributed by atoms with van der Waals surface area (Å²) < 4.78 is 13.1. The lowest BCUT2D eigenvalue weighted by Gasteiger charge is -2.33. The Balaban J connectivity index is 1.49. The largest absolute Gasteiger partial charge is 0.338 e. The minimum absolute atomic E-state index is 0.0273. The maximum absolute atomic E-state index is 13.1. The van der Waals surface area contributed by atoms with Crippen LogP contribution in [0.4, 0.5) is 14.9 Å². The molecule has 3 rings (SSSR count). The Morgan fingerprint density at radius 2 is 1.92 bits per heavy atom. The lowest BCUT2D eigenvalue weighted by molar-refractivity contribution is 0.0675. The molecule has 2 N–H and O–H groups in total. The molecule has 136 valence electrons. The highest BCUT2D eigenvalue weighted by molar-refractivity contribution is 5.94. The van der Waals surface area contributed by atoms with Crippen LogP contribution < -0.4 is 10.6 Å². The van der Waals surface area contributed by atoms with E-state index in [2.05, 4.69) is 10.6 Å². The van der Waals surface area contributed by atoms with Crippen molar-refractivity contribution in [2.45, 2.75) is 12.8 Å². The van der Waals surface area contributed by atoms with Crippen molar-refractivity contribution in [2.75, 3.05) is 25.0 Å². The van der Waals surface area contributed by atoms with E-state index in [1.165, 1.54) is 12.1 Å². The van der Waals surface area contributed by atoms with Crippen LogP contribution in [-0.2, 0) is 0 Å². The van der Waals surface area contributed by atoms with Crippen molar-refractivity contribution in [3.8, 4) is 0 Å². The number of hydrogen-bond acceptors (Lipinski definition) is 2. The number of halogens is 1. The highest BCUT2D eigenvalue weighted by Gasteiger charge is 2.24. The molecule has 1 heterocycles. The summed E-state index contributed by atoms with van der Waals surface area (Å²) in [6.45, 7) is 1.83. The predicted molar refractivity (Wildman–Crippen MR) is 98.5 cm³/mol. The molecule has 0 radical (unpaired) electrons. The van der Waals surface area contributed by atoms with Crippen LogP contribution in [0.1, 0.15) is 23.2 Å². The van der Waals surface area contributed by atoms with Crippen molar-refractivity contribution >= 4 is 17.6 Å². The summed E-state index contributed by atoms with van der Waals surface area (Å²) in [5.41, 5.74) is 1.09. The SMILES string of the molecule is O=C(NCC1CCCN(C(=O)c2ccccc2)C1)Nc1cccc(F)c1. The zero-order valence-corrected chi connectivity index (χ0v) is 14.5. The third-order valence-corrected chi connectivity index (χ3v) is 4.46. The van der Waals surface area contributed by atoms with Crippen LogP contribution in [0.3, 0.4) is 0 Å². The van der Waals surface area contributed by atoms with Gasteiger partial charge in [-0.25, -0.2) is 9.18 Å². The van der Waals surface area contributed by atoms with Gasteiger partial charge in [0.2, 0.25) is 0 Å². The minimum atomic E-state index is -0.398. The molecule has 5 nitrogen and oxygen atoms in total. The molecule has 0 spiro atoms. The van der Waals surface area contributed by atoms with E-state index in [-0.39, 0.29) is 17.9 Å². The van der Waals surface area contributed by atoms with Crippen molar-refractivity contribution in [2.24, 2.45) is 5.92 Å². The Morgan fingerprint density at radius 1 is 1.12 bits per heavy atom. The van der Waals surface area contributed by atoms with Crippen molar-refractivity contribution in [1.82, 2.24) is 10.2 Å². The summed E-state index contributed by atoms with van der Waals surface area (Å²) in [6.07, 6.45) is 1.87. The highest BCUT2D eigenvalue weighted by Crippen LogP contribution is 2.18. The van der Waals surface area contributed by atoms with Gasteiger partial charge in [-0.1, -0.05) is 24.3 Å². The normalized spacial score (nSPS) is 16.8. The molecule has 3 amide bonds. The van der Waals surface area contributed by atoms with E-state index in [1.807, 2.05) is 35.2 Å². The molecule has 1 aliphatic heterocycles. The van der Waals surface area contributed by atoms with Crippen LogP contribution in [0.25, 0.3) is 0 Å². The Kier molecular flexibility index (Phi) is 5.84. The van der Waals surface area contributed by atoms with Crippen molar-refractivity contribution in [3.63, 3.8) is 0 Å². The van der Waals surface area contributed by atoms with Crippen LogP contribution in [-0.4, -0.2) is 36.5 Å². The molecule has 1 aliphatic rings. The number of likely N-dealkylation sites (tertiary alicyclic amines) is 1. The quantitative estimate of drug-likeness (QED) is 0.882. The van der Waals surface area contributed by atoms with Crippen LogP contribution in [0.2, 0.25) is 0 Å². The number of piperidine rings is 1. The molecule has 1 atom stereocenters. The van der Waals surface area contributed by atoms with Gasteiger partial charge in [0, 0.05) is 30.9 Å². The summed E-state index contributed by atoms with van der Waals surface area (Å²) in [4.78, 5) is 26.4. The molecule has 2 aromatic rings. The molecule has 0 aliphatic carbocycles. The first-order chi connectivity index (χ1) is 12.6. The van der Waals surface area contributed by atoms with Gasteiger partial charge < -0.3 is 15.5 Å². The zero-order chi connectivity index (χ0) is 18.4. The van der Waals surface area contributed by atoms with Gasteiger partial charge in [-0.05, 0) is 49.1 Å². The first-order valence-electron chi connectivity index (χ1n) is 8.76. The second kappa shape index (κ2) is 8.47. The average molecular weight is 355 g/mol. The first kappa shape index (κ1) is 17.9. The number of amides is 3. The van der Waals surface area contributed by atoms with Crippen LogP contribution in [0, 0.1) is 11.7 Å². The van der Waals surface area contributed by atoms with Crippen molar-refractivity contribution in [3.05, 3.63) is 66.0 Å². The number of carbonyl (C=O) groups excluding carboxylic acids is 2. The molecule has 0 aromatic heterocycles. The Bertz CT molecular complexity index is 767. The summed E-state index contributed by atoms with van der Waals surface area (Å²) in [6, 6.07) is 14.6. The fraction of sp³-hybridized carbons (Fsp3) is 0.300. The molecular formula is C20H22FN3O2. The van der Waals surface area contributed by atoms with Gasteiger partial charge in [-0.3, -0.25) is 4.79 Å². The van der Waals surface area contributed by atoms with Crippen LogP contribution >= 0.6 is 0 Å². The lowest BCUT2D eigenvalue weighted by atomic mass is 9.97. The van der Waals surface area contributed by atoms with E-state index in [9.17, 15) is 14.0 Å². The third-order valence-electron chi connectivity index (χ3n) is 4.46. The van der Waals surface area contributed by atoms with Gasteiger partial charge >= 0.3 is 6.03 Å². The fourth-order valence-electron chi connectivity index (χ4n) is 3.16. The van der Waals surface area contributed by atoms with E-state index in [0.717, 1.165) is 19.4 Å². The number of benzene rings is 2. The summed E-state index contributed by atoms with van der Waals surface area (Å²) in [5.74, 6) is -0.167. The van der Waals surface area contributed by atoms with E-state index >= 15 is 0 Å². The highest BCUT2D eigenvalue weighted by atomic mass is 19.1. The monoisotopic (exact) mass is 355 g/mol. The molecular weight excluding hydrogens is 333 g/mol. The molecule has 0 bridgehead atoms. The number of carbonyl (C=O) groups is 2. The van der Waals surface area contributed by atoms with Gasteiger partial charge in [0.15, 0.2) is 0 Å². The third kappa shape index (κ3) is 4.81. The summed E-state index contributed by atoms with van der Waals surface area (Å²) >= 11 is 0. The molecule has 26 heavy (non-hydrogen) atoms. The van der Waals surface area contributed by atoms with E-state index in [1.54, 1.807) is 12.1 Å². The van der Waals surface area contributed by atoms with Gasteiger partial charge in [-0.2, -0.15) is 0 Å². The number of nitrogens with zero attached hydrogens (tertiary/aromatic N) is 1. The smallest absolute Gasteiger partial charge is 0.319 e. The summed E-state index contributed by atoms with van der Waals surface area (Å²) in [5, 5.41) is 5.42. The van der Waals surface area contributed by atoms with Gasteiger partial charge in [0.25, 0.3) is 5.91 Å². The Labute approximate surface area is 152 Å². The predicted octanol–water partition coefficient (Wildman–Crippen LogP) is 3.50. The van der Waals surface area contributed by atoms with Crippen LogP contribution in [0.5, 0.6) is 0 Å². The standard InChI is InChI=1S/C20H22FN3O2/c21-17-9-4-10-18(12-17)23-20(26)22-13-15-6-5-11-24(14-15)19(25)16-7-2-1-3-8-16/h1-4,7-10,12,15H,5-6,11,13-14H2,(H2,22,23,26). The maximum Gasteiger partial charge on any atom is 0.319 e. The number of rotatable bonds is 4. The molecule has 1 unspecified atom stereocenters. The fourth-order valence-corrected chi connectivity index (χ4v) is 3.16. The van der Waals surface area contributed by atoms with Gasteiger partial charge in [-0.15, -0.1) is 0 Å². The lowest BCUT2D eigenvalue weighted by Crippen LogP contribution is -2.44. The number of anilines is 1. The first-order valence-corrected chi connectivity index (χ1v) is 8.76. The van der Waals surface area contributed by atoms with Gasteiger partial charge in [0.05, 0.1) is 0 Å². The Hall–Kier alpha value is -2.89. The topological polar surface area (TPSA) is 61.4 Å². The van der Waals surface area contributed by atoms with E-state index < -0.39 is 5.82 Å². The van der Waals surface area contributed by atoms with Gasteiger partial charge in [0.1, 0.15) is 5.82 Å². The summed E-state index contributed by atoms with van der Waals surface area (Å²) in [7, 11) is 0. The van der Waals surface area contributed by atoms with Crippen molar-refractivity contribution in [1.29, 1.82) is 0 Å². The van der Waals surface area contributed by atoms with E-state index in [4.69, 9.17) is 0 Å². The Morgan fingerprint density at radius 3 is 2.69 bits per heavy atom. The van der Waals surface area contributed by atoms with Crippen molar-refractivity contribution < 1.29 is 14.0 Å². The second-order valence-electron chi connectivity index (χ2n) is 6.47. The van der Waals surface area contributed by atoms with Crippen LogP contribution in [0.15, 0.2) is 54.6 Å². The molecule has 6 heteroatoms. The van der Waals surface area contributed by atoms with E-state index in [0.29, 0.717) is 24.3 Å². The average Bonchev–Trinajstić information content (AvgIpc) is 2.67. The number of nitrogens with one attached hydrogen (secondary N) is 2. The maximum atomic E-state index is 13.1. The number of urea groups is 1. The molecule has 1 saturated heterocycles.